The van der Waals surface area contributed by atoms with Crippen molar-refractivity contribution in [3.63, 3.8) is 0 Å². The zero-order valence-electron chi connectivity index (χ0n) is 11.8. The minimum Gasteiger partial charge on any atom is -0.506 e. The van der Waals surface area contributed by atoms with Gasteiger partial charge in [-0.15, -0.1) is 0 Å². The minimum absolute atomic E-state index is 0.0618. The van der Waals surface area contributed by atoms with Gasteiger partial charge in [0.1, 0.15) is 11.4 Å². The van der Waals surface area contributed by atoms with Crippen LogP contribution >= 0.6 is 0 Å². The molecule has 0 aliphatic carbocycles. The molecule has 0 amide bonds. The van der Waals surface area contributed by atoms with Gasteiger partial charge in [0.2, 0.25) is 0 Å². The number of aromatic hydroxyl groups is 1. The number of benzene rings is 1. The van der Waals surface area contributed by atoms with Crippen LogP contribution in [-0.2, 0) is 11.2 Å². The number of carbonyl (C=O) groups is 1. The third-order valence-corrected chi connectivity index (χ3v) is 3.15. The molecule has 0 saturated heterocycles. The molecule has 0 aliphatic rings. The van der Waals surface area contributed by atoms with Gasteiger partial charge in [-0.1, -0.05) is 12.1 Å². The van der Waals surface area contributed by atoms with Crippen LogP contribution < -0.4 is 5.56 Å². The lowest BCUT2D eigenvalue weighted by molar-refractivity contribution is -0.136. The summed E-state index contributed by atoms with van der Waals surface area (Å²) < 4.78 is 1.19. The van der Waals surface area contributed by atoms with Crippen LogP contribution in [0, 0.1) is 13.8 Å². The fourth-order valence-electron chi connectivity index (χ4n) is 2.01. The molecule has 6 nitrogen and oxygen atoms in total. The van der Waals surface area contributed by atoms with Crippen LogP contribution in [0.25, 0.3) is 5.69 Å². The molecule has 1 aromatic heterocycles. The largest absolute Gasteiger partial charge is 0.506 e. The van der Waals surface area contributed by atoms with Crippen molar-refractivity contribution >= 4 is 5.97 Å². The van der Waals surface area contributed by atoms with Crippen LogP contribution in [0.5, 0.6) is 5.75 Å². The number of aromatic nitrogens is 2. The number of hydrogen-bond donors (Lipinski definition) is 2. The second kappa shape index (κ2) is 5.78. The van der Waals surface area contributed by atoms with Gasteiger partial charge in [0, 0.05) is 12.5 Å². The van der Waals surface area contributed by atoms with E-state index >= 15 is 0 Å². The second-order valence-electron chi connectivity index (χ2n) is 4.91. The maximum atomic E-state index is 12.0. The summed E-state index contributed by atoms with van der Waals surface area (Å²) in [7, 11) is 0. The van der Waals surface area contributed by atoms with Crippen molar-refractivity contribution in [2.75, 3.05) is 0 Å². The third-order valence-electron chi connectivity index (χ3n) is 3.15. The van der Waals surface area contributed by atoms with Crippen molar-refractivity contribution in [1.29, 1.82) is 0 Å². The number of carboxylic acids is 1. The number of carboxylic acid groups (broad SMARTS) is 1. The predicted octanol–water partition coefficient (Wildman–Crippen LogP) is 1.57. The average molecular weight is 288 g/mol. The van der Waals surface area contributed by atoms with Crippen molar-refractivity contribution in [1.82, 2.24) is 9.78 Å². The van der Waals surface area contributed by atoms with Gasteiger partial charge in [-0.05, 0) is 31.0 Å². The zero-order chi connectivity index (χ0) is 15.6. The van der Waals surface area contributed by atoms with Gasteiger partial charge in [-0.3, -0.25) is 9.59 Å². The Morgan fingerprint density at radius 1 is 1.29 bits per heavy atom. The normalized spacial score (nSPS) is 10.6. The Morgan fingerprint density at radius 3 is 2.67 bits per heavy atom. The molecule has 2 aromatic rings. The van der Waals surface area contributed by atoms with E-state index in [-0.39, 0.29) is 24.3 Å². The fourth-order valence-corrected chi connectivity index (χ4v) is 2.01. The molecule has 110 valence electrons. The SMILES string of the molecule is Cc1ccc(C)c(-n2nc(CCC(=O)O)c(O)cc2=O)c1. The maximum Gasteiger partial charge on any atom is 0.303 e. The number of hydrogen-bond acceptors (Lipinski definition) is 4. The molecule has 0 atom stereocenters. The summed E-state index contributed by atoms with van der Waals surface area (Å²) in [5.74, 6) is -1.26. The van der Waals surface area contributed by atoms with Crippen LogP contribution in [-0.4, -0.2) is 26.0 Å². The number of nitrogens with zero attached hydrogens (tertiary/aromatic N) is 2. The fraction of sp³-hybridized carbons (Fsp3) is 0.267. The first-order valence-electron chi connectivity index (χ1n) is 6.50. The molecule has 0 radical (unpaired) electrons. The first kappa shape index (κ1) is 14.8. The van der Waals surface area contributed by atoms with Gasteiger partial charge in [0.15, 0.2) is 0 Å². The summed E-state index contributed by atoms with van der Waals surface area (Å²) in [6.45, 7) is 3.76. The van der Waals surface area contributed by atoms with Crippen molar-refractivity contribution in [3.8, 4) is 11.4 Å². The first-order chi connectivity index (χ1) is 9.88. The van der Waals surface area contributed by atoms with E-state index in [1.807, 2.05) is 32.0 Å². The number of aliphatic carboxylic acids is 1. The van der Waals surface area contributed by atoms with Crippen LogP contribution in [0.1, 0.15) is 23.2 Å². The summed E-state index contributed by atoms with van der Waals surface area (Å²) in [4.78, 5) is 22.6. The number of aryl methyl sites for hydroxylation is 3. The van der Waals surface area contributed by atoms with Crippen LogP contribution in [0.2, 0.25) is 0 Å². The summed E-state index contributed by atoms with van der Waals surface area (Å²) in [5, 5.41) is 22.5. The Kier molecular flexibility index (Phi) is 4.07. The lowest BCUT2D eigenvalue weighted by atomic mass is 10.1. The van der Waals surface area contributed by atoms with E-state index in [4.69, 9.17) is 5.11 Å². The topological polar surface area (TPSA) is 92.4 Å². The standard InChI is InChI=1S/C15H16N2O4/c1-9-3-4-10(2)12(7-9)17-14(19)8-13(18)11(16-17)5-6-15(20)21/h3-4,7-8,18H,5-6H2,1-2H3,(H,20,21). The molecular formula is C15H16N2O4. The molecule has 1 aromatic carbocycles. The zero-order valence-corrected chi connectivity index (χ0v) is 11.8. The van der Waals surface area contributed by atoms with Gasteiger partial charge in [-0.2, -0.15) is 9.78 Å². The van der Waals surface area contributed by atoms with E-state index in [1.54, 1.807) is 0 Å². The quantitative estimate of drug-likeness (QED) is 0.891. The highest BCUT2D eigenvalue weighted by Gasteiger charge is 2.12. The van der Waals surface area contributed by atoms with Crippen LogP contribution in [0.3, 0.4) is 0 Å². The third kappa shape index (κ3) is 3.28. The molecule has 21 heavy (non-hydrogen) atoms. The summed E-state index contributed by atoms with van der Waals surface area (Å²) in [6, 6.07) is 6.69. The first-order valence-corrected chi connectivity index (χ1v) is 6.50. The van der Waals surface area contributed by atoms with Gasteiger partial charge in [0.05, 0.1) is 12.1 Å². The van der Waals surface area contributed by atoms with Crippen LogP contribution in [0.4, 0.5) is 0 Å². The Labute approximate surface area is 121 Å². The predicted molar refractivity (Wildman–Crippen MR) is 76.9 cm³/mol. The van der Waals surface area contributed by atoms with E-state index in [0.29, 0.717) is 5.69 Å². The molecule has 0 bridgehead atoms. The van der Waals surface area contributed by atoms with Crippen molar-refractivity contribution < 1.29 is 15.0 Å². The Hall–Kier alpha value is -2.63. The molecule has 2 rings (SSSR count). The lowest BCUT2D eigenvalue weighted by Gasteiger charge is -2.11. The van der Waals surface area contributed by atoms with E-state index in [1.165, 1.54) is 4.68 Å². The Morgan fingerprint density at radius 2 is 2.00 bits per heavy atom. The Balaban J connectivity index is 2.53. The summed E-state index contributed by atoms with van der Waals surface area (Å²) in [5.41, 5.74) is 2.20. The minimum atomic E-state index is -0.985. The highest BCUT2D eigenvalue weighted by atomic mass is 16.4. The molecule has 0 unspecified atom stereocenters. The van der Waals surface area contributed by atoms with E-state index in [0.717, 1.165) is 17.2 Å². The van der Waals surface area contributed by atoms with Crippen molar-refractivity contribution in [2.24, 2.45) is 0 Å². The molecule has 0 aliphatic heterocycles. The molecule has 6 heteroatoms. The van der Waals surface area contributed by atoms with Gasteiger partial charge in [-0.25, -0.2) is 0 Å². The Bertz CT molecular complexity index is 750. The van der Waals surface area contributed by atoms with E-state index < -0.39 is 11.5 Å². The van der Waals surface area contributed by atoms with Crippen LogP contribution in [0.15, 0.2) is 29.1 Å². The highest BCUT2D eigenvalue weighted by Crippen LogP contribution is 2.17. The number of rotatable bonds is 4. The molecule has 1 heterocycles. The van der Waals surface area contributed by atoms with Gasteiger partial charge in [0.25, 0.3) is 5.56 Å². The molecule has 0 saturated carbocycles. The van der Waals surface area contributed by atoms with E-state index in [2.05, 4.69) is 5.10 Å². The van der Waals surface area contributed by atoms with Gasteiger partial charge < -0.3 is 10.2 Å². The monoisotopic (exact) mass is 288 g/mol. The van der Waals surface area contributed by atoms with Gasteiger partial charge >= 0.3 is 5.97 Å². The summed E-state index contributed by atoms with van der Waals surface area (Å²) in [6.07, 6.45) is -0.0993. The average Bonchev–Trinajstić information content (AvgIpc) is 2.41. The van der Waals surface area contributed by atoms with Crippen molar-refractivity contribution in [3.05, 3.63) is 51.4 Å². The van der Waals surface area contributed by atoms with Crippen molar-refractivity contribution in [2.45, 2.75) is 26.7 Å². The molecule has 0 fully saturated rings. The lowest BCUT2D eigenvalue weighted by Crippen LogP contribution is -2.22. The highest BCUT2D eigenvalue weighted by molar-refractivity contribution is 5.67. The molecular weight excluding hydrogens is 272 g/mol. The molecule has 0 spiro atoms. The summed E-state index contributed by atoms with van der Waals surface area (Å²) >= 11 is 0. The molecule has 2 N–H and O–H groups in total. The smallest absolute Gasteiger partial charge is 0.303 e. The second-order valence-corrected chi connectivity index (χ2v) is 4.91. The van der Waals surface area contributed by atoms with E-state index in [9.17, 15) is 14.7 Å². The maximum absolute atomic E-state index is 12.0.